The van der Waals surface area contributed by atoms with Gasteiger partial charge in [0.2, 0.25) is 0 Å². The molecule has 1 aliphatic heterocycles. The number of rotatable bonds is 7. The highest BCUT2D eigenvalue weighted by Gasteiger charge is 2.54. The van der Waals surface area contributed by atoms with Gasteiger partial charge in [0.1, 0.15) is 35.9 Å². The third-order valence-corrected chi connectivity index (χ3v) is 5.94. The minimum atomic E-state index is -1.06. The van der Waals surface area contributed by atoms with Crippen LogP contribution in [0.5, 0.6) is 5.75 Å². The average molecular weight is 449 g/mol. The molecule has 0 spiro atoms. The van der Waals surface area contributed by atoms with E-state index in [-0.39, 0.29) is 12.2 Å². The first-order valence-electron chi connectivity index (χ1n) is 10.5. The molecule has 1 aliphatic rings. The van der Waals surface area contributed by atoms with Gasteiger partial charge in [-0.2, -0.15) is 5.10 Å². The molecule has 0 amide bonds. The lowest BCUT2D eigenvalue weighted by molar-refractivity contribution is 0.211. The first-order valence-corrected chi connectivity index (χ1v) is 10.5. The molecular weight excluding hydrogens is 428 g/mol. The summed E-state index contributed by atoms with van der Waals surface area (Å²) >= 11 is 0. The van der Waals surface area contributed by atoms with Crippen LogP contribution in [0.25, 0.3) is 5.69 Å². The zero-order valence-electron chi connectivity index (χ0n) is 17.8. The standard InChI is InChI=1S/C25H21F2N3O3/c1-17(25(15-33-25)22-12-7-19(26)13-23(22)27)30-24(31)29(16-28-30)20-8-10-21(11-9-20)32-14-18-5-3-2-4-6-18/h2-13,16-17H,14-15H2,1H3/t17-,25-/m1/s1. The van der Waals surface area contributed by atoms with Crippen LogP contribution >= 0.6 is 0 Å². The first kappa shape index (κ1) is 21.1. The molecule has 2 heterocycles. The minimum absolute atomic E-state index is 0.206. The highest BCUT2D eigenvalue weighted by molar-refractivity contribution is 5.37. The van der Waals surface area contributed by atoms with Crippen molar-refractivity contribution >= 4 is 0 Å². The summed E-state index contributed by atoms with van der Waals surface area (Å²) in [5.41, 5.74) is 0.428. The molecular formula is C25H21F2N3O3. The fourth-order valence-corrected chi connectivity index (χ4v) is 3.93. The zero-order chi connectivity index (χ0) is 23.0. The van der Waals surface area contributed by atoms with E-state index in [2.05, 4.69) is 5.10 Å². The highest BCUT2D eigenvalue weighted by atomic mass is 19.1. The van der Waals surface area contributed by atoms with Crippen LogP contribution in [0.15, 0.2) is 83.9 Å². The van der Waals surface area contributed by atoms with Crippen LogP contribution in [0, 0.1) is 11.6 Å². The summed E-state index contributed by atoms with van der Waals surface area (Å²) in [6.45, 7) is 2.39. The van der Waals surface area contributed by atoms with E-state index in [1.807, 2.05) is 30.3 Å². The van der Waals surface area contributed by atoms with Crippen LogP contribution in [-0.2, 0) is 16.9 Å². The van der Waals surface area contributed by atoms with Crippen molar-refractivity contribution in [3.05, 3.63) is 112 Å². The van der Waals surface area contributed by atoms with E-state index in [1.165, 1.54) is 27.7 Å². The van der Waals surface area contributed by atoms with Crippen molar-refractivity contribution in [3.8, 4) is 11.4 Å². The Balaban J connectivity index is 1.35. The van der Waals surface area contributed by atoms with Crippen LogP contribution in [0.3, 0.4) is 0 Å². The minimum Gasteiger partial charge on any atom is -0.489 e. The van der Waals surface area contributed by atoms with Crippen LogP contribution in [0.1, 0.15) is 24.1 Å². The molecule has 0 bridgehead atoms. The second-order valence-corrected chi connectivity index (χ2v) is 7.97. The number of epoxide rings is 1. The van der Waals surface area contributed by atoms with E-state index in [4.69, 9.17) is 9.47 Å². The predicted molar refractivity (Wildman–Crippen MR) is 117 cm³/mol. The van der Waals surface area contributed by atoms with Crippen molar-refractivity contribution in [1.82, 2.24) is 14.3 Å². The Morgan fingerprint density at radius 1 is 1.09 bits per heavy atom. The Labute approximate surface area is 188 Å². The maximum Gasteiger partial charge on any atom is 0.350 e. The number of hydrogen-bond acceptors (Lipinski definition) is 4. The molecule has 1 saturated heterocycles. The second kappa shape index (κ2) is 8.29. The van der Waals surface area contributed by atoms with E-state index in [9.17, 15) is 13.6 Å². The molecule has 0 aliphatic carbocycles. The van der Waals surface area contributed by atoms with Gasteiger partial charge in [-0.1, -0.05) is 36.4 Å². The van der Waals surface area contributed by atoms with Gasteiger partial charge < -0.3 is 9.47 Å². The van der Waals surface area contributed by atoms with Crippen molar-refractivity contribution in [3.63, 3.8) is 0 Å². The number of nitrogens with zero attached hydrogens (tertiary/aromatic N) is 3. The summed E-state index contributed by atoms with van der Waals surface area (Å²) in [4.78, 5) is 13.1. The van der Waals surface area contributed by atoms with Crippen LogP contribution in [0.2, 0.25) is 0 Å². The normalized spacial score (nSPS) is 18.2. The molecule has 33 heavy (non-hydrogen) atoms. The molecule has 3 aromatic carbocycles. The van der Waals surface area contributed by atoms with Gasteiger partial charge in [-0.3, -0.25) is 0 Å². The largest absolute Gasteiger partial charge is 0.489 e. The average Bonchev–Trinajstić information content (AvgIpc) is 3.54. The Hall–Kier alpha value is -3.78. The van der Waals surface area contributed by atoms with Crippen LogP contribution in [0.4, 0.5) is 8.78 Å². The molecule has 0 saturated carbocycles. The van der Waals surface area contributed by atoms with Gasteiger partial charge in [0.05, 0.1) is 18.3 Å². The first-order chi connectivity index (χ1) is 16.0. The van der Waals surface area contributed by atoms with Crippen molar-refractivity contribution in [2.24, 2.45) is 0 Å². The smallest absolute Gasteiger partial charge is 0.350 e. The second-order valence-electron chi connectivity index (χ2n) is 7.97. The van der Waals surface area contributed by atoms with Gasteiger partial charge in [0.15, 0.2) is 0 Å². The lowest BCUT2D eigenvalue weighted by Crippen LogP contribution is -2.33. The number of halogens is 2. The summed E-state index contributed by atoms with van der Waals surface area (Å²) in [5.74, 6) is -0.705. The lowest BCUT2D eigenvalue weighted by atomic mass is 9.92. The molecule has 168 valence electrons. The summed E-state index contributed by atoms with van der Waals surface area (Å²) in [5, 5.41) is 4.23. The van der Waals surface area contributed by atoms with Crippen molar-refractivity contribution in [2.45, 2.75) is 25.2 Å². The molecule has 8 heteroatoms. The Morgan fingerprint density at radius 3 is 2.48 bits per heavy atom. The van der Waals surface area contributed by atoms with Crippen molar-refractivity contribution in [1.29, 1.82) is 0 Å². The third-order valence-electron chi connectivity index (χ3n) is 5.94. The van der Waals surface area contributed by atoms with Crippen molar-refractivity contribution < 1.29 is 18.3 Å². The van der Waals surface area contributed by atoms with E-state index in [0.29, 0.717) is 18.0 Å². The van der Waals surface area contributed by atoms with Gasteiger partial charge in [-0.25, -0.2) is 22.8 Å². The molecule has 1 fully saturated rings. The number of benzene rings is 3. The SMILES string of the molecule is C[C@@H](n1ncn(-c2ccc(OCc3ccccc3)cc2)c1=O)[C@@]1(c2ccc(F)cc2F)CO1. The summed E-state index contributed by atoms with van der Waals surface area (Å²) in [6.07, 6.45) is 1.41. The maximum atomic E-state index is 14.4. The third kappa shape index (κ3) is 3.93. The number of ether oxygens (including phenoxy) is 2. The Bertz CT molecular complexity index is 1330. The Morgan fingerprint density at radius 2 is 1.82 bits per heavy atom. The van der Waals surface area contributed by atoms with E-state index >= 15 is 0 Å². The summed E-state index contributed by atoms with van der Waals surface area (Å²) in [7, 11) is 0. The maximum absolute atomic E-state index is 14.4. The molecule has 4 aromatic rings. The van der Waals surface area contributed by atoms with Crippen LogP contribution in [-0.4, -0.2) is 21.0 Å². The Kier molecular flexibility index (Phi) is 5.30. The van der Waals surface area contributed by atoms with Crippen molar-refractivity contribution in [2.75, 3.05) is 6.61 Å². The topological polar surface area (TPSA) is 61.6 Å². The van der Waals surface area contributed by atoms with Gasteiger partial charge >= 0.3 is 5.69 Å². The molecule has 0 N–H and O–H groups in total. The fourth-order valence-electron chi connectivity index (χ4n) is 3.93. The van der Waals surface area contributed by atoms with E-state index in [1.54, 1.807) is 31.2 Å². The molecule has 2 atom stereocenters. The quantitative estimate of drug-likeness (QED) is 0.393. The summed E-state index contributed by atoms with van der Waals surface area (Å²) in [6, 6.07) is 19.7. The van der Waals surface area contributed by atoms with Gasteiger partial charge in [0.25, 0.3) is 0 Å². The molecule has 0 unspecified atom stereocenters. The molecule has 5 rings (SSSR count). The molecule has 6 nitrogen and oxygen atoms in total. The molecule has 0 radical (unpaired) electrons. The monoisotopic (exact) mass is 449 g/mol. The van der Waals surface area contributed by atoms with Gasteiger partial charge in [0, 0.05) is 11.6 Å². The number of hydrogen-bond donors (Lipinski definition) is 0. The van der Waals surface area contributed by atoms with Crippen LogP contribution < -0.4 is 10.4 Å². The zero-order valence-corrected chi connectivity index (χ0v) is 17.8. The fraction of sp³-hybridized carbons (Fsp3) is 0.200. The molecule has 1 aromatic heterocycles. The number of aromatic nitrogens is 3. The predicted octanol–water partition coefficient (Wildman–Crippen LogP) is 4.38. The van der Waals surface area contributed by atoms with Gasteiger partial charge in [-0.05, 0) is 42.8 Å². The summed E-state index contributed by atoms with van der Waals surface area (Å²) < 4.78 is 41.8. The van der Waals surface area contributed by atoms with E-state index < -0.39 is 29.0 Å². The van der Waals surface area contributed by atoms with E-state index in [0.717, 1.165) is 11.6 Å². The lowest BCUT2D eigenvalue weighted by Gasteiger charge is -2.20. The van der Waals surface area contributed by atoms with Gasteiger partial charge in [-0.15, -0.1) is 0 Å². The highest BCUT2D eigenvalue weighted by Crippen LogP contribution is 2.48.